The van der Waals surface area contributed by atoms with E-state index in [1.165, 1.54) is 32.1 Å². The Morgan fingerprint density at radius 1 is 0.933 bits per heavy atom. The van der Waals surface area contributed by atoms with Crippen molar-refractivity contribution in [3.63, 3.8) is 0 Å². The van der Waals surface area contributed by atoms with Gasteiger partial charge in [-0.25, -0.2) is 0 Å². The lowest BCUT2D eigenvalue weighted by molar-refractivity contribution is -0.108. The molecule has 0 saturated carbocycles. The first-order valence-electron chi connectivity index (χ1n) is 6.24. The minimum atomic E-state index is 0.630. The molecule has 0 atom stereocenters. The van der Waals surface area contributed by atoms with E-state index in [1.54, 1.807) is 0 Å². The molecule has 0 heterocycles. The van der Waals surface area contributed by atoms with E-state index in [0.717, 1.165) is 32.3 Å². The molecule has 89 valence electrons. The van der Waals surface area contributed by atoms with E-state index in [1.807, 2.05) is 0 Å². The third-order valence-electron chi connectivity index (χ3n) is 2.32. The number of rotatable bonds is 12. The van der Waals surface area contributed by atoms with Crippen LogP contribution in [0.2, 0.25) is 0 Å². The van der Waals surface area contributed by atoms with E-state index in [4.69, 9.17) is 4.74 Å². The van der Waals surface area contributed by atoms with Crippen LogP contribution in [0.5, 0.6) is 0 Å². The van der Waals surface area contributed by atoms with Crippen molar-refractivity contribution in [2.75, 3.05) is 13.2 Å². The number of hydrogen-bond acceptors (Lipinski definition) is 2. The Bertz CT molecular complexity index is 124. The zero-order chi connectivity index (χ0) is 11.2. The molecule has 1 radical (unpaired) electrons. The first-order valence-corrected chi connectivity index (χ1v) is 6.24. The lowest BCUT2D eigenvalue weighted by Gasteiger charge is -2.02. The highest BCUT2D eigenvalue weighted by Gasteiger charge is 1.92. The molecule has 0 aliphatic heterocycles. The zero-order valence-electron chi connectivity index (χ0n) is 10.0. The molecule has 0 spiro atoms. The SMILES string of the molecule is CCCC[CH]CCCCOCCCC=O. The third kappa shape index (κ3) is 13.6. The Labute approximate surface area is 94.4 Å². The summed E-state index contributed by atoms with van der Waals surface area (Å²) in [5.74, 6) is 0. The van der Waals surface area contributed by atoms with Gasteiger partial charge >= 0.3 is 0 Å². The second-order valence-electron chi connectivity index (χ2n) is 3.85. The van der Waals surface area contributed by atoms with Gasteiger partial charge in [-0.3, -0.25) is 0 Å². The Balaban J connectivity index is 2.83. The predicted octanol–water partition coefficient (Wildman–Crippen LogP) is 3.55. The van der Waals surface area contributed by atoms with Crippen LogP contribution in [0.3, 0.4) is 0 Å². The standard InChI is InChI=1S/C13H25O2/c1-2-3-4-5-6-7-9-12-15-13-10-8-11-14/h5,11H,2-4,6-10,12-13H2,1H3. The van der Waals surface area contributed by atoms with Crippen LogP contribution in [-0.4, -0.2) is 19.5 Å². The van der Waals surface area contributed by atoms with E-state index in [0.29, 0.717) is 6.42 Å². The number of unbranched alkanes of at least 4 members (excludes halogenated alkanes) is 7. The second kappa shape index (κ2) is 13.6. The fraction of sp³-hybridized carbons (Fsp3) is 0.846. The summed E-state index contributed by atoms with van der Waals surface area (Å²) in [7, 11) is 0. The number of aldehydes is 1. The lowest BCUT2D eigenvalue weighted by atomic mass is 10.1. The van der Waals surface area contributed by atoms with Crippen molar-refractivity contribution in [1.29, 1.82) is 0 Å². The summed E-state index contributed by atoms with van der Waals surface area (Å²) in [5.41, 5.74) is 0. The molecule has 0 bridgehead atoms. The van der Waals surface area contributed by atoms with Crippen molar-refractivity contribution >= 4 is 6.29 Å². The molecule has 2 nitrogen and oxygen atoms in total. The highest BCUT2D eigenvalue weighted by atomic mass is 16.5. The van der Waals surface area contributed by atoms with Gasteiger partial charge < -0.3 is 9.53 Å². The van der Waals surface area contributed by atoms with Gasteiger partial charge in [-0.15, -0.1) is 0 Å². The van der Waals surface area contributed by atoms with E-state index in [-0.39, 0.29) is 0 Å². The minimum absolute atomic E-state index is 0.630. The summed E-state index contributed by atoms with van der Waals surface area (Å²) in [5, 5.41) is 0. The van der Waals surface area contributed by atoms with Crippen LogP contribution in [0.15, 0.2) is 0 Å². The van der Waals surface area contributed by atoms with Crippen molar-refractivity contribution in [2.45, 2.75) is 58.3 Å². The molecule has 15 heavy (non-hydrogen) atoms. The van der Waals surface area contributed by atoms with Gasteiger partial charge in [-0.1, -0.05) is 39.0 Å². The molecule has 0 unspecified atom stereocenters. The van der Waals surface area contributed by atoms with Gasteiger partial charge in [0.15, 0.2) is 0 Å². The highest BCUT2D eigenvalue weighted by Crippen LogP contribution is 2.05. The Morgan fingerprint density at radius 3 is 2.40 bits per heavy atom. The van der Waals surface area contributed by atoms with Gasteiger partial charge in [0.25, 0.3) is 0 Å². The molecule has 0 rings (SSSR count). The van der Waals surface area contributed by atoms with Crippen LogP contribution in [-0.2, 0) is 9.53 Å². The third-order valence-corrected chi connectivity index (χ3v) is 2.32. The van der Waals surface area contributed by atoms with Crippen LogP contribution in [0.25, 0.3) is 0 Å². The van der Waals surface area contributed by atoms with Crippen molar-refractivity contribution in [3.8, 4) is 0 Å². The molecule has 0 aromatic heterocycles. The molecular weight excluding hydrogens is 188 g/mol. The van der Waals surface area contributed by atoms with Gasteiger partial charge in [0.1, 0.15) is 6.29 Å². The Hall–Kier alpha value is -0.370. The zero-order valence-corrected chi connectivity index (χ0v) is 10.0. The predicted molar refractivity (Wildman–Crippen MR) is 63.8 cm³/mol. The summed E-state index contributed by atoms with van der Waals surface area (Å²) in [4.78, 5) is 10.0. The number of hydrogen-bond donors (Lipinski definition) is 0. The van der Waals surface area contributed by atoms with Gasteiger partial charge in [0.05, 0.1) is 0 Å². The fourth-order valence-electron chi connectivity index (χ4n) is 1.36. The van der Waals surface area contributed by atoms with Crippen LogP contribution in [0.1, 0.15) is 58.3 Å². The van der Waals surface area contributed by atoms with E-state index < -0.39 is 0 Å². The number of carbonyl (C=O) groups is 1. The molecule has 0 amide bonds. The first-order chi connectivity index (χ1) is 7.41. The van der Waals surface area contributed by atoms with Crippen molar-refractivity contribution < 1.29 is 9.53 Å². The monoisotopic (exact) mass is 213 g/mol. The topological polar surface area (TPSA) is 26.3 Å². The normalized spacial score (nSPS) is 10.5. The van der Waals surface area contributed by atoms with Crippen molar-refractivity contribution in [3.05, 3.63) is 6.42 Å². The van der Waals surface area contributed by atoms with Crippen LogP contribution in [0.4, 0.5) is 0 Å². The van der Waals surface area contributed by atoms with E-state index in [2.05, 4.69) is 13.3 Å². The molecule has 0 aliphatic rings. The maximum atomic E-state index is 10.0. The maximum Gasteiger partial charge on any atom is 0.120 e. The minimum Gasteiger partial charge on any atom is -0.381 e. The molecule has 0 aromatic rings. The van der Waals surface area contributed by atoms with Crippen molar-refractivity contribution in [2.24, 2.45) is 0 Å². The maximum absolute atomic E-state index is 10.0. The summed E-state index contributed by atoms with van der Waals surface area (Å²) < 4.78 is 5.39. The fourth-order valence-corrected chi connectivity index (χ4v) is 1.36. The Kier molecular flexibility index (Phi) is 13.3. The highest BCUT2D eigenvalue weighted by molar-refractivity contribution is 5.48. The van der Waals surface area contributed by atoms with Gasteiger partial charge in [0, 0.05) is 19.6 Å². The molecular formula is C13H25O2. The number of carbonyl (C=O) groups excluding carboxylic acids is 1. The molecule has 0 fully saturated rings. The summed E-state index contributed by atoms with van der Waals surface area (Å²) in [6.45, 7) is 3.81. The summed E-state index contributed by atoms with van der Waals surface area (Å²) >= 11 is 0. The van der Waals surface area contributed by atoms with Gasteiger partial charge in [-0.2, -0.15) is 0 Å². The number of ether oxygens (including phenoxy) is 1. The van der Waals surface area contributed by atoms with Crippen molar-refractivity contribution in [1.82, 2.24) is 0 Å². The van der Waals surface area contributed by atoms with Gasteiger partial charge in [-0.05, 0) is 19.3 Å². The molecule has 0 aromatic carbocycles. The average molecular weight is 213 g/mol. The van der Waals surface area contributed by atoms with Crippen LogP contribution in [0, 0.1) is 6.42 Å². The Morgan fingerprint density at radius 2 is 1.67 bits per heavy atom. The summed E-state index contributed by atoms with van der Waals surface area (Å²) in [6.07, 6.45) is 12.3. The van der Waals surface area contributed by atoms with Gasteiger partial charge in [0.2, 0.25) is 0 Å². The van der Waals surface area contributed by atoms with E-state index in [9.17, 15) is 4.79 Å². The molecule has 0 saturated heterocycles. The van der Waals surface area contributed by atoms with Crippen LogP contribution >= 0.6 is 0 Å². The van der Waals surface area contributed by atoms with Crippen LogP contribution < -0.4 is 0 Å². The second-order valence-corrected chi connectivity index (χ2v) is 3.85. The quantitative estimate of drug-likeness (QED) is 0.366. The lowest BCUT2D eigenvalue weighted by Crippen LogP contribution is -1.97. The molecule has 0 aliphatic carbocycles. The average Bonchev–Trinajstić information content (AvgIpc) is 2.26. The molecule has 0 N–H and O–H groups in total. The molecule has 2 heteroatoms. The smallest absolute Gasteiger partial charge is 0.120 e. The van der Waals surface area contributed by atoms with E-state index >= 15 is 0 Å². The summed E-state index contributed by atoms with van der Waals surface area (Å²) in [6, 6.07) is 0. The first kappa shape index (κ1) is 14.6. The largest absolute Gasteiger partial charge is 0.381 e.